The fraction of sp³-hybridized carbons (Fsp3) is 0.476. The molecule has 2 saturated heterocycles. The molecular formula is C21H25N3O3. The first-order valence-corrected chi connectivity index (χ1v) is 9.56. The average Bonchev–Trinajstić information content (AvgIpc) is 3.36. The molecule has 142 valence electrons. The molecule has 0 saturated carbocycles. The molecule has 3 atom stereocenters. The molecular weight excluding hydrogens is 342 g/mol. The van der Waals surface area contributed by atoms with E-state index in [0.717, 1.165) is 18.4 Å². The molecule has 1 aromatic heterocycles. The van der Waals surface area contributed by atoms with Crippen LogP contribution in [-0.2, 0) is 11.2 Å². The minimum Gasteiger partial charge on any atom is -0.481 e. The summed E-state index contributed by atoms with van der Waals surface area (Å²) in [7, 11) is 0. The molecule has 2 fully saturated rings. The van der Waals surface area contributed by atoms with E-state index < -0.39 is 11.4 Å². The van der Waals surface area contributed by atoms with Gasteiger partial charge in [0, 0.05) is 24.3 Å². The summed E-state index contributed by atoms with van der Waals surface area (Å²) in [6, 6.07) is 9.63. The Morgan fingerprint density at radius 3 is 2.63 bits per heavy atom. The van der Waals surface area contributed by atoms with Crippen molar-refractivity contribution in [1.82, 2.24) is 14.7 Å². The number of fused-ring (bicyclic) bond motifs is 2. The van der Waals surface area contributed by atoms with Crippen LogP contribution in [0.4, 0.5) is 0 Å². The number of hydrogen-bond acceptors (Lipinski definition) is 3. The second-order valence-electron chi connectivity index (χ2n) is 8.09. The molecule has 6 heteroatoms. The summed E-state index contributed by atoms with van der Waals surface area (Å²) >= 11 is 0. The molecule has 4 rings (SSSR count). The summed E-state index contributed by atoms with van der Waals surface area (Å²) in [4.78, 5) is 27.4. The van der Waals surface area contributed by atoms with Gasteiger partial charge in [-0.05, 0) is 45.1 Å². The minimum absolute atomic E-state index is 0.00953. The van der Waals surface area contributed by atoms with Crippen LogP contribution in [0, 0.1) is 5.41 Å². The van der Waals surface area contributed by atoms with Gasteiger partial charge in [-0.1, -0.05) is 30.3 Å². The van der Waals surface area contributed by atoms with Crippen molar-refractivity contribution in [3.05, 3.63) is 53.9 Å². The molecule has 2 aliphatic rings. The van der Waals surface area contributed by atoms with E-state index in [1.807, 2.05) is 49.1 Å². The van der Waals surface area contributed by atoms with E-state index in [4.69, 9.17) is 0 Å². The Hall–Kier alpha value is -2.63. The van der Waals surface area contributed by atoms with Crippen LogP contribution >= 0.6 is 0 Å². The van der Waals surface area contributed by atoms with Gasteiger partial charge < -0.3 is 10.0 Å². The van der Waals surface area contributed by atoms with Gasteiger partial charge in [0.15, 0.2) is 0 Å². The molecule has 6 nitrogen and oxygen atoms in total. The van der Waals surface area contributed by atoms with Gasteiger partial charge >= 0.3 is 5.97 Å². The lowest BCUT2D eigenvalue weighted by atomic mass is 9.70. The van der Waals surface area contributed by atoms with Crippen molar-refractivity contribution in [3.8, 4) is 0 Å². The van der Waals surface area contributed by atoms with Crippen molar-refractivity contribution in [1.29, 1.82) is 0 Å². The fourth-order valence-electron chi connectivity index (χ4n) is 4.83. The van der Waals surface area contributed by atoms with Gasteiger partial charge in [-0.3, -0.25) is 14.3 Å². The highest BCUT2D eigenvalue weighted by Gasteiger charge is 2.61. The van der Waals surface area contributed by atoms with Crippen molar-refractivity contribution < 1.29 is 14.7 Å². The molecule has 1 aromatic carbocycles. The third-order valence-corrected chi connectivity index (χ3v) is 6.14. The quantitative estimate of drug-likeness (QED) is 0.881. The lowest BCUT2D eigenvalue weighted by Crippen LogP contribution is -2.46. The molecule has 2 bridgehead atoms. The SMILES string of the molecule is CC(C)n1cc(C(=O)N2[C@H]3CC[C@@H]2[C@](Cc2ccccc2)(C(=O)O)C3)cn1. The van der Waals surface area contributed by atoms with Crippen molar-refractivity contribution in [2.45, 2.75) is 57.7 Å². The van der Waals surface area contributed by atoms with E-state index in [-0.39, 0.29) is 24.0 Å². The second-order valence-corrected chi connectivity index (χ2v) is 8.09. The average molecular weight is 367 g/mol. The predicted octanol–water partition coefficient (Wildman–Crippen LogP) is 3.15. The van der Waals surface area contributed by atoms with E-state index in [1.54, 1.807) is 17.1 Å². The van der Waals surface area contributed by atoms with Gasteiger partial charge in [-0.2, -0.15) is 5.10 Å². The molecule has 0 radical (unpaired) electrons. The zero-order valence-electron chi connectivity index (χ0n) is 15.7. The summed E-state index contributed by atoms with van der Waals surface area (Å²) in [5.41, 5.74) is 0.641. The van der Waals surface area contributed by atoms with Crippen molar-refractivity contribution >= 4 is 11.9 Å². The van der Waals surface area contributed by atoms with Gasteiger partial charge in [-0.25, -0.2) is 0 Å². The lowest BCUT2D eigenvalue weighted by Gasteiger charge is -2.33. The first-order valence-electron chi connectivity index (χ1n) is 9.56. The van der Waals surface area contributed by atoms with Crippen LogP contribution < -0.4 is 0 Å². The number of carbonyl (C=O) groups is 2. The number of carboxylic acid groups (broad SMARTS) is 1. The van der Waals surface area contributed by atoms with E-state index in [0.29, 0.717) is 18.4 Å². The Kier molecular flexibility index (Phi) is 4.29. The Bertz CT molecular complexity index is 861. The number of aliphatic carboxylic acids is 1. The number of amides is 1. The van der Waals surface area contributed by atoms with Crippen molar-refractivity contribution in [2.24, 2.45) is 5.41 Å². The van der Waals surface area contributed by atoms with Crippen LogP contribution in [0.1, 0.15) is 55.1 Å². The maximum absolute atomic E-state index is 13.2. The molecule has 1 N–H and O–H groups in total. The fourth-order valence-corrected chi connectivity index (χ4v) is 4.83. The smallest absolute Gasteiger partial charge is 0.312 e. The van der Waals surface area contributed by atoms with Crippen LogP contribution in [0.3, 0.4) is 0 Å². The zero-order valence-corrected chi connectivity index (χ0v) is 15.7. The lowest BCUT2D eigenvalue weighted by molar-refractivity contribution is -0.150. The highest BCUT2D eigenvalue weighted by Crippen LogP contribution is 2.52. The van der Waals surface area contributed by atoms with E-state index in [1.165, 1.54) is 0 Å². The molecule has 2 aromatic rings. The highest BCUT2D eigenvalue weighted by atomic mass is 16.4. The summed E-state index contributed by atoms with van der Waals surface area (Å²) < 4.78 is 1.76. The molecule has 2 aliphatic heterocycles. The van der Waals surface area contributed by atoms with Gasteiger partial charge in [-0.15, -0.1) is 0 Å². The van der Waals surface area contributed by atoms with Crippen LogP contribution in [0.2, 0.25) is 0 Å². The standard InChI is InChI=1S/C21H25N3O3/c1-14(2)23-13-16(12-22-23)19(25)24-17-8-9-18(24)21(11-17,20(26)27)10-15-6-4-3-5-7-15/h3-7,12-14,17-18H,8-11H2,1-2H3,(H,26,27)/t17-,18+,21+/m0/s1. The summed E-state index contributed by atoms with van der Waals surface area (Å²) in [5, 5.41) is 14.4. The van der Waals surface area contributed by atoms with E-state index in [2.05, 4.69) is 5.10 Å². The second kappa shape index (κ2) is 6.51. The third kappa shape index (κ3) is 2.83. The van der Waals surface area contributed by atoms with Crippen molar-refractivity contribution in [2.75, 3.05) is 0 Å². The topological polar surface area (TPSA) is 75.4 Å². The summed E-state index contributed by atoms with van der Waals surface area (Å²) in [6.07, 6.45) is 5.96. The third-order valence-electron chi connectivity index (χ3n) is 6.14. The highest BCUT2D eigenvalue weighted by molar-refractivity contribution is 5.95. The maximum Gasteiger partial charge on any atom is 0.312 e. The van der Waals surface area contributed by atoms with Gasteiger partial charge in [0.05, 0.1) is 17.2 Å². The Labute approximate surface area is 158 Å². The zero-order chi connectivity index (χ0) is 19.2. The number of benzene rings is 1. The number of carboxylic acids is 1. The molecule has 0 unspecified atom stereocenters. The number of carbonyl (C=O) groups excluding carboxylic acids is 1. The first-order chi connectivity index (χ1) is 12.9. The number of rotatable bonds is 5. The number of nitrogens with zero attached hydrogens (tertiary/aromatic N) is 3. The van der Waals surface area contributed by atoms with Crippen LogP contribution in [-0.4, -0.2) is 43.7 Å². The van der Waals surface area contributed by atoms with Crippen LogP contribution in [0.5, 0.6) is 0 Å². The monoisotopic (exact) mass is 367 g/mol. The Balaban J connectivity index is 1.64. The van der Waals surface area contributed by atoms with Crippen LogP contribution in [0.25, 0.3) is 0 Å². The molecule has 3 heterocycles. The molecule has 0 spiro atoms. The summed E-state index contributed by atoms with van der Waals surface area (Å²) in [5.74, 6) is -0.889. The minimum atomic E-state index is -0.909. The van der Waals surface area contributed by atoms with Gasteiger partial charge in [0.25, 0.3) is 5.91 Å². The predicted molar refractivity (Wildman–Crippen MR) is 100 cm³/mol. The normalized spacial score (nSPS) is 26.7. The van der Waals surface area contributed by atoms with Crippen molar-refractivity contribution in [3.63, 3.8) is 0 Å². The number of hydrogen-bond donors (Lipinski definition) is 1. The van der Waals surface area contributed by atoms with E-state index >= 15 is 0 Å². The molecule has 1 amide bonds. The summed E-state index contributed by atoms with van der Waals surface area (Å²) in [6.45, 7) is 4.02. The Morgan fingerprint density at radius 2 is 2.00 bits per heavy atom. The Morgan fingerprint density at radius 1 is 1.26 bits per heavy atom. The molecule has 0 aliphatic carbocycles. The van der Waals surface area contributed by atoms with Gasteiger partial charge in [0.1, 0.15) is 0 Å². The first kappa shape index (κ1) is 17.8. The maximum atomic E-state index is 13.2. The van der Waals surface area contributed by atoms with Gasteiger partial charge in [0.2, 0.25) is 0 Å². The van der Waals surface area contributed by atoms with Crippen LogP contribution in [0.15, 0.2) is 42.7 Å². The molecule has 27 heavy (non-hydrogen) atoms. The number of aromatic nitrogens is 2. The van der Waals surface area contributed by atoms with E-state index in [9.17, 15) is 14.7 Å². The largest absolute Gasteiger partial charge is 0.481 e.